The molecule has 5 nitrogen and oxygen atoms in total. The Morgan fingerprint density at radius 1 is 1.25 bits per heavy atom. The highest BCUT2D eigenvalue weighted by atomic mass is 16.6. The maximum atomic E-state index is 12.2. The van der Waals surface area contributed by atoms with E-state index in [4.69, 9.17) is 9.47 Å². The normalized spacial score (nSPS) is 14.8. The number of fused-ring (bicyclic) bond motifs is 1. The van der Waals surface area contributed by atoms with Crippen molar-refractivity contribution in [3.63, 3.8) is 0 Å². The van der Waals surface area contributed by atoms with E-state index in [0.717, 1.165) is 10.5 Å². The number of hydrogen-bond donors (Lipinski definition) is 0. The summed E-state index contributed by atoms with van der Waals surface area (Å²) in [5.41, 5.74) is 0.854. The number of rotatable bonds is 1. The number of hydrogen-bond acceptors (Lipinski definition) is 4. The van der Waals surface area contributed by atoms with Gasteiger partial charge < -0.3 is 9.47 Å². The summed E-state index contributed by atoms with van der Waals surface area (Å²) in [5.74, 6) is 0.471. The number of carbonyl (C=O) groups excluding carboxylic acids is 2. The largest absolute Gasteiger partial charge is 0.497 e. The van der Waals surface area contributed by atoms with Gasteiger partial charge in [0, 0.05) is 6.42 Å². The van der Waals surface area contributed by atoms with E-state index in [0.29, 0.717) is 24.3 Å². The van der Waals surface area contributed by atoms with Gasteiger partial charge in [0.15, 0.2) is 0 Å². The molecule has 0 radical (unpaired) electrons. The van der Waals surface area contributed by atoms with E-state index < -0.39 is 11.7 Å². The molecular weight excluding hydrogens is 258 g/mol. The van der Waals surface area contributed by atoms with Crippen LogP contribution >= 0.6 is 0 Å². The Morgan fingerprint density at radius 2 is 1.95 bits per heavy atom. The molecule has 5 heteroatoms. The molecule has 0 spiro atoms. The minimum absolute atomic E-state index is 0.239. The van der Waals surface area contributed by atoms with Gasteiger partial charge in [0.25, 0.3) is 0 Å². The fourth-order valence-electron chi connectivity index (χ4n) is 2.10. The Labute approximate surface area is 118 Å². The van der Waals surface area contributed by atoms with Crippen LogP contribution in [-0.2, 0) is 16.0 Å². The zero-order valence-corrected chi connectivity index (χ0v) is 12.2. The van der Waals surface area contributed by atoms with E-state index in [1.165, 1.54) is 0 Å². The van der Waals surface area contributed by atoms with Crippen LogP contribution in [0, 0.1) is 0 Å². The molecule has 2 amide bonds. The number of aryl methyl sites for hydroxylation is 1. The van der Waals surface area contributed by atoms with Crippen LogP contribution in [0.25, 0.3) is 0 Å². The SMILES string of the molecule is COc1ccc2c(c1)CCC(=O)N2C(=O)OC(C)(C)C. The van der Waals surface area contributed by atoms with Crippen LogP contribution < -0.4 is 9.64 Å². The summed E-state index contributed by atoms with van der Waals surface area (Å²) in [6.07, 6.45) is 0.262. The molecule has 1 aromatic rings. The summed E-state index contributed by atoms with van der Waals surface area (Å²) in [5, 5.41) is 0. The fraction of sp³-hybridized carbons (Fsp3) is 0.467. The second kappa shape index (κ2) is 5.15. The van der Waals surface area contributed by atoms with E-state index in [1.807, 2.05) is 6.07 Å². The van der Waals surface area contributed by atoms with Crippen LogP contribution in [0.3, 0.4) is 0 Å². The summed E-state index contributed by atoms with van der Waals surface area (Å²) in [7, 11) is 1.58. The lowest BCUT2D eigenvalue weighted by Crippen LogP contribution is -2.43. The molecule has 0 aliphatic carbocycles. The molecule has 108 valence electrons. The molecule has 0 saturated carbocycles. The van der Waals surface area contributed by atoms with Gasteiger partial charge in [-0.2, -0.15) is 0 Å². The Balaban J connectivity index is 2.35. The van der Waals surface area contributed by atoms with E-state index >= 15 is 0 Å². The standard InChI is InChI=1S/C15H19NO4/c1-15(2,3)20-14(18)16-12-7-6-11(19-4)9-10(12)5-8-13(16)17/h6-7,9H,5,8H2,1-4H3. The zero-order chi connectivity index (χ0) is 14.9. The van der Waals surface area contributed by atoms with E-state index in [1.54, 1.807) is 40.0 Å². The quantitative estimate of drug-likeness (QED) is 0.792. The van der Waals surface area contributed by atoms with Crippen LogP contribution in [0.1, 0.15) is 32.8 Å². The van der Waals surface area contributed by atoms with Gasteiger partial charge in [0.05, 0.1) is 12.8 Å². The number of methoxy groups -OCH3 is 1. The number of amides is 2. The topological polar surface area (TPSA) is 55.8 Å². The van der Waals surface area contributed by atoms with Gasteiger partial charge in [-0.3, -0.25) is 4.79 Å². The Bertz CT molecular complexity index is 545. The summed E-state index contributed by atoms with van der Waals surface area (Å²) in [6.45, 7) is 5.32. The van der Waals surface area contributed by atoms with E-state index in [9.17, 15) is 9.59 Å². The molecule has 0 atom stereocenters. The first-order chi connectivity index (χ1) is 9.31. The van der Waals surface area contributed by atoms with Crippen LogP contribution in [0.15, 0.2) is 18.2 Å². The smallest absolute Gasteiger partial charge is 0.421 e. The van der Waals surface area contributed by atoms with Crippen molar-refractivity contribution in [3.8, 4) is 5.75 Å². The van der Waals surface area contributed by atoms with Crippen LogP contribution in [0.4, 0.5) is 10.5 Å². The van der Waals surface area contributed by atoms with Crippen LogP contribution in [-0.4, -0.2) is 24.7 Å². The Kier molecular flexibility index (Phi) is 3.70. The van der Waals surface area contributed by atoms with Gasteiger partial charge in [-0.15, -0.1) is 0 Å². The maximum absolute atomic E-state index is 12.2. The molecule has 0 unspecified atom stereocenters. The average Bonchev–Trinajstić information content (AvgIpc) is 2.35. The molecule has 0 N–H and O–H groups in total. The highest BCUT2D eigenvalue weighted by Gasteiger charge is 2.33. The first-order valence-electron chi connectivity index (χ1n) is 6.54. The molecule has 1 aromatic carbocycles. The van der Waals surface area contributed by atoms with Gasteiger partial charge >= 0.3 is 6.09 Å². The predicted molar refractivity (Wildman–Crippen MR) is 75.0 cm³/mol. The monoisotopic (exact) mass is 277 g/mol. The van der Waals surface area contributed by atoms with Crippen molar-refractivity contribution in [2.24, 2.45) is 0 Å². The molecule has 0 aromatic heterocycles. The first-order valence-corrected chi connectivity index (χ1v) is 6.54. The molecule has 1 aliphatic heterocycles. The molecule has 0 saturated heterocycles. The molecule has 20 heavy (non-hydrogen) atoms. The lowest BCUT2D eigenvalue weighted by molar-refractivity contribution is -0.118. The van der Waals surface area contributed by atoms with Crippen molar-refractivity contribution in [1.82, 2.24) is 0 Å². The zero-order valence-electron chi connectivity index (χ0n) is 12.2. The molecule has 0 fully saturated rings. The summed E-state index contributed by atoms with van der Waals surface area (Å²) >= 11 is 0. The van der Waals surface area contributed by atoms with Gasteiger partial charge in [0.2, 0.25) is 5.91 Å². The number of carbonyl (C=O) groups is 2. The number of anilines is 1. The molecule has 0 bridgehead atoms. The van der Waals surface area contributed by atoms with Crippen LogP contribution in [0.2, 0.25) is 0 Å². The molecule has 1 heterocycles. The van der Waals surface area contributed by atoms with Crippen molar-refractivity contribution in [2.45, 2.75) is 39.2 Å². The van der Waals surface area contributed by atoms with Gasteiger partial charge in [0.1, 0.15) is 11.4 Å². The number of imide groups is 1. The van der Waals surface area contributed by atoms with Crippen molar-refractivity contribution in [1.29, 1.82) is 0 Å². The number of nitrogens with zero attached hydrogens (tertiary/aromatic N) is 1. The number of ether oxygens (including phenoxy) is 2. The first kappa shape index (κ1) is 14.4. The molecule has 1 aliphatic rings. The van der Waals surface area contributed by atoms with E-state index in [-0.39, 0.29) is 5.91 Å². The predicted octanol–water partition coefficient (Wildman–Crippen LogP) is 2.91. The van der Waals surface area contributed by atoms with Crippen LogP contribution in [0.5, 0.6) is 5.75 Å². The third kappa shape index (κ3) is 2.92. The van der Waals surface area contributed by atoms with Gasteiger partial charge in [-0.1, -0.05) is 0 Å². The Hall–Kier alpha value is -2.04. The lowest BCUT2D eigenvalue weighted by atomic mass is 10.0. The van der Waals surface area contributed by atoms with Gasteiger partial charge in [-0.05, 0) is 51.0 Å². The van der Waals surface area contributed by atoms with Crippen molar-refractivity contribution >= 4 is 17.7 Å². The van der Waals surface area contributed by atoms with E-state index in [2.05, 4.69) is 0 Å². The second-order valence-corrected chi connectivity index (χ2v) is 5.70. The minimum Gasteiger partial charge on any atom is -0.497 e. The second-order valence-electron chi connectivity index (χ2n) is 5.70. The van der Waals surface area contributed by atoms with Crippen molar-refractivity contribution in [3.05, 3.63) is 23.8 Å². The minimum atomic E-state index is -0.637. The summed E-state index contributed by atoms with van der Waals surface area (Å²) < 4.78 is 10.5. The molecule has 2 rings (SSSR count). The Morgan fingerprint density at radius 3 is 2.55 bits per heavy atom. The molecular formula is C15H19NO4. The summed E-state index contributed by atoms with van der Waals surface area (Å²) in [4.78, 5) is 25.3. The highest BCUT2D eigenvalue weighted by Crippen LogP contribution is 2.32. The number of benzene rings is 1. The van der Waals surface area contributed by atoms with Crippen molar-refractivity contribution in [2.75, 3.05) is 12.0 Å². The summed E-state index contributed by atoms with van der Waals surface area (Å²) in [6, 6.07) is 5.29. The fourth-order valence-corrected chi connectivity index (χ4v) is 2.10. The van der Waals surface area contributed by atoms with Crippen molar-refractivity contribution < 1.29 is 19.1 Å². The third-order valence-corrected chi connectivity index (χ3v) is 2.96. The highest BCUT2D eigenvalue weighted by molar-refractivity contribution is 6.14. The third-order valence-electron chi connectivity index (χ3n) is 2.96. The maximum Gasteiger partial charge on any atom is 0.421 e. The average molecular weight is 277 g/mol. The van der Waals surface area contributed by atoms with Gasteiger partial charge in [-0.25, -0.2) is 9.69 Å². The lowest BCUT2D eigenvalue weighted by Gasteiger charge is -2.30.